The van der Waals surface area contributed by atoms with Crippen molar-refractivity contribution >= 4 is 17.4 Å². The summed E-state index contributed by atoms with van der Waals surface area (Å²) in [6, 6.07) is 5.35. The molecule has 0 aliphatic rings. The van der Waals surface area contributed by atoms with Crippen LogP contribution in [-0.4, -0.2) is 20.6 Å². The van der Waals surface area contributed by atoms with Gasteiger partial charge in [0, 0.05) is 18.8 Å². The third kappa shape index (κ3) is 2.04. The van der Waals surface area contributed by atoms with Gasteiger partial charge in [-0.15, -0.1) is 0 Å². The number of rotatable bonds is 3. The van der Waals surface area contributed by atoms with Crippen molar-refractivity contribution in [3.05, 3.63) is 47.0 Å². The van der Waals surface area contributed by atoms with Crippen molar-refractivity contribution < 1.29 is 5.21 Å². The van der Waals surface area contributed by atoms with Gasteiger partial charge in [0.25, 0.3) is 0 Å². The van der Waals surface area contributed by atoms with Gasteiger partial charge < -0.3 is 15.5 Å². The van der Waals surface area contributed by atoms with E-state index >= 15 is 0 Å². The van der Waals surface area contributed by atoms with E-state index < -0.39 is 0 Å². The lowest BCUT2D eigenvalue weighted by Gasteiger charge is -2.12. The molecular weight excluding hydrogens is 252 g/mol. The number of imidazole rings is 1. The van der Waals surface area contributed by atoms with Crippen LogP contribution in [0.4, 0.5) is 0 Å². The lowest BCUT2D eigenvalue weighted by Crippen LogP contribution is -2.17. The molecule has 94 valence electrons. The van der Waals surface area contributed by atoms with Crippen LogP contribution >= 0.6 is 11.6 Å². The fourth-order valence-corrected chi connectivity index (χ4v) is 2.10. The predicted octanol–water partition coefficient (Wildman–Crippen LogP) is 2.18. The van der Waals surface area contributed by atoms with Gasteiger partial charge in [-0.25, -0.2) is 4.98 Å². The summed E-state index contributed by atoms with van der Waals surface area (Å²) in [5.74, 6) is 0.857. The first-order valence-corrected chi connectivity index (χ1v) is 5.85. The molecule has 0 amide bonds. The molecule has 1 aromatic carbocycles. The number of nitrogens with zero attached hydrogens (tertiary/aromatic N) is 3. The molecule has 0 fully saturated rings. The van der Waals surface area contributed by atoms with Crippen LogP contribution in [0.2, 0.25) is 5.02 Å². The van der Waals surface area contributed by atoms with E-state index in [0.717, 1.165) is 17.9 Å². The fourth-order valence-electron chi connectivity index (χ4n) is 1.83. The van der Waals surface area contributed by atoms with E-state index in [0.29, 0.717) is 10.6 Å². The summed E-state index contributed by atoms with van der Waals surface area (Å²) in [5.41, 5.74) is 6.91. The zero-order valence-electron chi connectivity index (χ0n) is 9.84. The third-order valence-corrected chi connectivity index (χ3v) is 2.96. The van der Waals surface area contributed by atoms with E-state index in [1.807, 2.05) is 29.8 Å². The third-order valence-electron chi connectivity index (χ3n) is 2.65. The predicted molar refractivity (Wildman–Crippen MR) is 70.5 cm³/mol. The molecular formula is C12H13ClN4O. The molecule has 0 radical (unpaired) electrons. The van der Waals surface area contributed by atoms with E-state index in [2.05, 4.69) is 10.1 Å². The van der Waals surface area contributed by atoms with E-state index in [4.69, 9.17) is 22.5 Å². The first kappa shape index (κ1) is 12.4. The molecule has 0 spiro atoms. The average Bonchev–Trinajstić information content (AvgIpc) is 2.85. The Labute approximate surface area is 110 Å². The smallest absolute Gasteiger partial charge is 0.173 e. The molecule has 18 heavy (non-hydrogen) atoms. The van der Waals surface area contributed by atoms with Gasteiger partial charge in [0.05, 0.1) is 16.3 Å². The second-order valence-corrected chi connectivity index (χ2v) is 4.09. The van der Waals surface area contributed by atoms with Crippen molar-refractivity contribution in [2.75, 3.05) is 0 Å². The maximum atomic E-state index is 8.84. The van der Waals surface area contributed by atoms with Gasteiger partial charge in [0.2, 0.25) is 0 Å². The van der Waals surface area contributed by atoms with E-state index in [-0.39, 0.29) is 5.84 Å². The highest BCUT2D eigenvalue weighted by atomic mass is 35.5. The summed E-state index contributed by atoms with van der Waals surface area (Å²) in [6.07, 6.45) is 4.30. The van der Waals surface area contributed by atoms with Gasteiger partial charge in [-0.1, -0.05) is 29.7 Å². The van der Waals surface area contributed by atoms with Crippen molar-refractivity contribution in [3.63, 3.8) is 0 Å². The topological polar surface area (TPSA) is 76.4 Å². The lowest BCUT2D eigenvalue weighted by atomic mass is 10.1. The maximum Gasteiger partial charge on any atom is 0.173 e. The molecule has 1 aromatic heterocycles. The number of aromatic nitrogens is 2. The molecule has 0 aliphatic heterocycles. The number of benzene rings is 1. The first-order valence-electron chi connectivity index (χ1n) is 5.48. The van der Waals surface area contributed by atoms with Crippen LogP contribution in [0.25, 0.3) is 5.69 Å². The monoisotopic (exact) mass is 264 g/mol. The van der Waals surface area contributed by atoms with Crippen LogP contribution in [0.5, 0.6) is 0 Å². The minimum atomic E-state index is -0.0219. The summed E-state index contributed by atoms with van der Waals surface area (Å²) >= 11 is 6.11. The number of halogens is 1. The van der Waals surface area contributed by atoms with Crippen molar-refractivity contribution in [1.29, 1.82) is 0 Å². The molecule has 0 bridgehead atoms. The number of aryl methyl sites for hydroxylation is 1. The Kier molecular flexibility index (Phi) is 3.53. The Morgan fingerprint density at radius 1 is 1.56 bits per heavy atom. The van der Waals surface area contributed by atoms with Crippen molar-refractivity contribution in [1.82, 2.24) is 9.55 Å². The van der Waals surface area contributed by atoms with Gasteiger partial charge in [0.1, 0.15) is 5.82 Å². The maximum absolute atomic E-state index is 8.84. The molecule has 6 heteroatoms. The molecule has 3 N–H and O–H groups in total. The normalized spacial score (nSPS) is 11.8. The summed E-state index contributed by atoms with van der Waals surface area (Å²) in [6.45, 7) is 2.01. The fraction of sp³-hybridized carbons (Fsp3) is 0.167. The second-order valence-electron chi connectivity index (χ2n) is 3.69. The molecule has 0 unspecified atom stereocenters. The SMILES string of the molecule is CCc1nccn1-c1cccc(Cl)c1C(N)=NO. The highest BCUT2D eigenvalue weighted by Crippen LogP contribution is 2.24. The van der Waals surface area contributed by atoms with Crippen molar-refractivity contribution in [2.45, 2.75) is 13.3 Å². The van der Waals surface area contributed by atoms with Gasteiger partial charge >= 0.3 is 0 Å². The highest BCUT2D eigenvalue weighted by molar-refractivity contribution is 6.34. The Morgan fingerprint density at radius 2 is 2.33 bits per heavy atom. The summed E-state index contributed by atoms with van der Waals surface area (Å²) in [5, 5.41) is 12.3. The minimum Gasteiger partial charge on any atom is -0.409 e. The van der Waals surface area contributed by atoms with Gasteiger partial charge in [-0.3, -0.25) is 0 Å². The standard InChI is InChI=1S/C12H13ClN4O/c1-2-10-15-6-7-17(10)9-5-3-4-8(13)11(9)12(14)16-18/h3-7,18H,2H2,1H3,(H2,14,16). The Balaban J connectivity index is 2.68. The zero-order chi connectivity index (χ0) is 13.1. The molecule has 0 saturated carbocycles. The number of hydrogen-bond acceptors (Lipinski definition) is 3. The van der Waals surface area contributed by atoms with Crippen LogP contribution in [0.15, 0.2) is 35.7 Å². The number of hydrogen-bond donors (Lipinski definition) is 2. The average molecular weight is 265 g/mol. The molecule has 0 aliphatic carbocycles. The van der Waals surface area contributed by atoms with Crippen LogP contribution in [-0.2, 0) is 6.42 Å². The molecule has 1 heterocycles. The van der Waals surface area contributed by atoms with Gasteiger partial charge in [-0.2, -0.15) is 0 Å². The summed E-state index contributed by atoms with van der Waals surface area (Å²) in [7, 11) is 0. The molecule has 2 rings (SSSR count). The van der Waals surface area contributed by atoms with Crippen LogP contribution in [0.1, 0.15) is 18.3 Å². The van der Waals surface area contributed by atoms with Gasteiger partial charge in [-0.05, 0) is 12.1 Å². The first-order chi connectivity index (χ1) is 8.69. The minimum absolute atomic E-state index is 0.0219. The van der Waals surface area contributed by atoms with E-state index in [9.17, 15) is 0 Å². The van der Waals surface area contributed by atoms with Crippen LogP contribution in [0, 0.1) is 0 Å². The number of oxime groups is 1. The van der Waals surface area contributed by atoms with E-state index in [1.54, 1.807) is 12.3 Å². The quantitative estimate of drug-likeness (QED) is 0.386. The molecule has 2 aromatic rings. The highest BCUT2D eigenvalue weighted by Gasteiger charge is 2.14. The summed E-state index contributed by atoms with van der Waals surface area (Å²) < 4.78 is 1.87. The van der Waals surface area contributed by atoms with Crippen molar-refractivity contribution in [3.8, 4) is 5.69 Å². The molecule has 0 saturated heterocycles. The summed E-state index contributed by atoms with van der Waals surface area (Å²) in [4.78, 5) is 4.24. The number of nitrogens with two attached hydrogens (primary N) is 1. The lowest BCUT2D eigenvalue weighted by molar-refractivity contribution is 0.318. The molecule has 0 atom stereocenters. The Hall–Kier alpha value is -2.01. The molecule has 5 nitrogen and oxygen atoms in total. The van der Waals surface area contributed by atoms with E-state index in [1.165, 1.54) is 0 Å². The second kappa shape index (κ2) is 5.10. The van der Waals surface area contributed by atoms with Crippen molar-refractivity contribution in [2.24, 2.45) is 10.9 Å². The number of amidine groups is 1. The van der Waals surface area contributed by atoms with Crippen LogP contribution < -0.4 is 5.73 Å². The van der Waals surface area contributed by atoms with Crippen LogP contribution in [0.3, 0.4) is 0 Å². The van der Waals surface area contributed by atoms with Gasteiger partial charge in [0.15, 0.2) is 5.84 Å². The Bertz CT molecular complexity index is 592. The zero-order valence-corrected chi connectivity index (χ0v) is 10.6. The largest absolute Gasteiger partial charge is 0.409 e. The Morgan fingerprint density at radius 3 is 3.00 bits per heavy atom.